The number of carbonyl (C=O) groups excluding carboxylic acids is 2. The van der Waals surface area contributed by atoms with E-state index in [1.807, 2.05) is 0 Å². The van der Waals surface area contributed by atoms with Gasteiger partial charge in [-0.25, -0.2) is 0 Å². The third kappa shape index (κ3) is 5.98. The molecule has 7 nitrogen and oxygen atoms in total. The van der Waals surface area contributed by atoms with E-state index in [0.29, 0.717) is 38.4 Å². The summed E-state index contributed by atoms with van der Waals surface area (Å²) in [4.78, 5) is 26.0. The minimum Gasteiger partial charge on any atom is -0.406 e. The summed E-state index contributed by atoms with van der Waals surface area (Å²) in [5.41, 5.74) is 0.292. The Morgan fingerprint density at radius 2 is 2.18 bits per heavy atom. The van der Waals surface area contributed by atoms with E-state index < -0.39 is 18.2 Å². The Labute approximate surface area is 165 Å². The normalized spacial score (nSPS) is 22.5. The van der Waals surface area contributed by atoms with E-state index >= 15 is 0 Å². The summed E-state index contributed by atoms with van der Waals surface area (Å²) in [6.07, 6.45) is -4.23. The third-order valence-electron chi connectivity index (χ3n) is 4.33. The molecular weight excluding hydrogens is 403 g/mol. The number of halogens is 4. The summed E-state index contributed by atoms with van der Waals surface area (Å²) in [6.45, 7) is 2.00. The van der Waals surface area contributed by atoms with Crippen LogP contribution in [0.15, 0.2) is 24.3 Å². The second kappa shape index (κ2) is 9.44. The van der Waals surface area contributed by atoms with E-state index in [1.165, 1.54) is 17.0 Å². The van der Waals surface area contributed by atoms with Crippen LogP contribution in [0, 0.1) is 0 Å². The number of carbonyl (C=O) groups is 2. The number of benzene rings is 1. The SMILES string of the molecule is Cl.O=C(CC1COCCN1)NC1CCN(c2cccc(OC(F)(F)F)c2)C1=O. The standard InChI is InChI=1S/C17H20F3N3O4.ClH/c18-17(19,20)27-13-3-1-2-12(9-13)23-6-4-14(16(23)25)22-15(24)8-11-10-26-7-5-21-11;/h1-3,9,11,14,21H,4-8,10H2,(H,22,24);1H. The number of anilines is 1. The number of nitrogens with one attached hydrogen (secondary N) is 2. The van der Waals surface area contributed by atoms with Gasteiger partial charge >= 0.3 is 6.36 Å². The molecule has 0 radical (unpaired) electrons. The fraction of sp³-hybridized carbons (Fsp3) is 0.529. The van der Waals surface area contributed by atoms with Crippen LogP contribution in [-0.4, -0.2) is 56.6 Å². The Hall–Kier alpha value is -2.04. The van der Waals surface area contributed by atoms with Crippen molar-refractivity contribution in [3.8, 4) is 5.75 Å². The van der Waals surface area contributed by atoms with Crippen LogP contribution in [0.1, 0.15) is 12.8 Å². The molecule has 28 heavy (non-hydrogen) atoms. The van der Waals surface area contributed by atoms with Gasteiger partial charge in [0.25, 0.3) is 0 Å². The molecule has 2 N–H and O–H groups in total. The average Bonchev–Trinajstić information content (AvgIpc) is 2.95. The molecule has 1 aromatic rings. The molecule has 1 aromatic carbocycles. The second-order valence-electron chi connectivity index (χ2n) is 6.37. The predicted octanol–water partition coefficient (Wildman–Crippen LogP) is 1.61. The number of amides is 2. The molecule has 2 aliphatic heterocycles. The van der Waals surface area contributed by atoms with Gasteiger partial charge in [-0.2, -0.15) is 0 Å². The lowest BCUT2D eigenvalue weighted by molar-refractivity contribution is -0.274. The highest BCUT2D eigenvalue weighted by Gasteiger charge is 2.35. The van der Waals surface area contributed by atoms with E-state index in [2.05, 4.69) is 15.4 Å². The van der Waals surface area contributed by atoms with Crippen molar-refractivity contribution in [2.45, 2.75) is 31.3 Å². The number of alkyl halides is 3. The van der Waals surface area contributed by atoms with E-state index in [0.717, 1.165) is 12.1 Å². The molecule has 156 valence electrons. The van der Waals surface area contributed by atoms with Gasteiger partial charge in [0.05, 0.1) is 13.2 Å². The van der Waals surface area contributed by atoms with Crippen LogP contribution in [0.25, 0.3) is 0 Å². The molecular formula is C17H21ClF3N3O4. The maximum Gasteiger partial charge on any atom is 0.573 e. The zero-order valence-electron chi connectivity index (χ0n) is 14.8. The largest absolute Gasteiger partial charge is 0.573 e. The highest BCUT2D eigenvalue weighted by atomic mass is 35.5. The van der Waals surface area contributed by atoms with Crippen LogP contribution in [0.2, 0.25) is 0 Å². The zero-order valence-corrected chi connectivity index (χ0v) is 15.6. The first-order valence-electron chi connectivity index (χ1n) is 8.59. The number of nitrogens with zero attached hydrogens (tertiary/aromatic N) is 1. The maximum absolute atomic E-state index is 12.5. The van der Waals surface area contributed by atoms with Crippen molar-refractivity contribution in [2.24, 2.45) is 0 Å². The number of morpholine rings is 1. The summed E-state index contributed by atoms with van der Waals surface area (Å²) >= 11 is 0. The minimum atomic E-state index is -4.80. The first-order chi connectivity index (χ1) is 12.8. The number of hydrogen-bond donors (Lipinski definition) is 2. The molecule has 2 heterocycles. The summed E-state index contributed by atoms with van der Waals surface area (Å²) in [5, 5.41) is 5.85. The van der Waals surface area contributed by atoms with E-state index in [9.17, 15) is 22.8 Å². The van der Waals surface area contributed by atoms with Crippen molar-refractivity contribution < 1.29 is 32.2 Å². The first-order valence-corrected chi connectivity index (χ1v) is 8.59. The molecule has 0 aliphatic carbocycles. The fourth-order valence-electron chi connectivity index (χ4n) is 3.15. The van der Waals surface area contributed by atoms with Crippen molar-refractivity contribution >= 4 is 29.9 Å². The van der Waals surface area contributed by atoms with Gasteiger partial charge in [0.15, 0.2) is 0 Å². The maximum atomic E-state index is 12.5. The number of hydrogen-bond acceptors (Lipinski definition) is 5. The predicted molar refractivity (Wildman–Crippen MR) is 96.5 cm³/mol. The first kappa shape index (κ1) is 22.3. The Kier molecular flexibility index (Phi) is 7.50. The van der Waals surface area contributed by atoms with E-state index in [-0.39, 0.29) is 36.7 Å². The Morgan fingerprint density at radius 3 is 2.86 bits per heavy atom. The minimum absolute atomic E-state index is 0. The van der Waals surface area contributed by atoms with E-state index in [1.54, 1.807) is 0 Å². The third-order valence-corrected chi connectivity index (χ3v) is 4.33. The molecule has 2 unspecified atom stereocenters. The van der Waals surface area contributed by atoms with Crippen molar-refractivity contribution in [1.82, 2.24) is 10.6 Å². The molecule has 2 fully saturated rings. The van der Waals surface area contributed by atoms with Gasteiger partial charge in [-0.15, -0.1) is 25.6 Å². The molecule has 0 aromatic heterocycles. The van der Waals surface area contributed by atoms with Crippen molar-refractivity contribution in [3.05, 3.63) is 24.3 Å². The number of rotatable bonds is 5. The molecule has 11 heteroatoms. The number of ether oxygens (including phenoxy) is 2. The zero-order chi connectivity index (χ0) is 19.4. The van der Waals surface area contributed by atoms with Gasteiger partial charge in [0.2, 0.25) is 11.8 Å². The van der Waals surface area contributed by atoms with Gasteiger partial charge in [-0.05, 0) is 18.6 Å². The molecule has 3 rings (SSSR count). The van der Waals surface area contributed by atoms with Gasteiger partial charge < -0.3 is 25.0 Å². The molecule has 0 spiro atoms. The lowest BCUT2D eigenvalue weighted by Crippen LogP contribution is -2.47. The topological polar surface area (TPSA) is 79.9 Å². The van der Waals surface area contributed by atoms with Crippen LogP contribution in [0.5, 0.6) is 5.75 Å². The van der Waals surface area contributed by atoms with Gasteiger partial charge in [0, 0.05) is 37.3 Å². The smallest absolute Gasteiger partial charge is 0.406 e. The van der Waals surface area contributed by atoms with Crippen molar-refractivity contribution in [3.63, 3.8) is 0 Å². The molecule has 2 atom stereocenters. The quantitative estimate of drug-likeness (QED) is 0.752. The molecule has 0 saturated carbocycles. The monoisotopic (exact) mass is 423 g/mol. The van der Waals surface area contributed by atoms with Crippen LogP contribution in [-0.2, 0) is 14.3 Å². The summed E-state index contributed by atoms with van der Waals surface area (Å²) < 4.78 is 46.3. The van der Waals surface area contributed by atoms with Crippen molar-refractivity contribution in [2.75, 3.05) is 31.2 Å². The van der Waals surface area contributed by atoms with Gasteiger partial charge in [0.1, 0.15) is 11.8 Å². The molecule has 2 saturated heterocycles. The fourth-order valence-corrected chi connectivity index (χ4v) is 3.15. The Balaban J connectivity index is 0.00000280. The molecule has 2 amide bonds. The molecule has 0 bridgehead atoms. The highest BCUT2D eigenvalue weighted by Crippen LogP contribution is 2.29. The summed E-state index contributed by atoms with van der Waals surface area (Å²) in [6, 6.07) is 4.42. The molecule has 2 aliphatic rings. The summed E-state index contributed by atoms with van der Waals surface area (Å²) in [7, 11) is 0. The lowest BCUT2D eigenvalue weighted by Gasteiger charge is -2.24. The Bertz CT molecular complexity index is 698. The lowest BCUT2D eigenvalue weighted by atomic mass is 10.1. The van der Waals surface area contributed by atoms with Crippen LogP contribution >= 0.6 is 12.4 Å². The highest BCUT2D eigenvalue weighted by molar-refractivity contribution is 6.01. The Morgan fingerprint density at radius 1 is 1.39 bits per heavy atom. The average molecular weight is 424 g/mol. The summed E-state index contributed by atoms with van der Waals surface area (Å²) in [5.74, 6) is -1.03. The van der Waals surface area contributed by atoms with Gasteiger partial charge in [-0.1, -0.05) is 6.07 Å². The van der Waals surface area contributed by atoms with Crippen LogP contribution in [0.4, 0.5) is 18.9 Å². The van der Waals surface area contributed by atoms with E-state index in [4.69, 9.17) is 4.74 Å². The van der Waals surface area contributed by atoms with Crippen LogP contribution < -0.4 is 20.3 Å². The second-order valence-corrected chi connectivity index (χ2v) is 6.37. The van der Waals surface area contributed by atoms with Crippen LogP contribution in [0.3, 0.4) is 0 Å². The van der Waals surface area contributed by atoms with Gasteiger partial charge in [-0.3, -0.25) is 9.59 Å². The van der Waals surface area contributed by atoms with Crippen molar-refractivity contribution in [1.29, 1.82) is 0 Å².